The second-order valence-corrected chi connectivity index (χ2v) is 8.26. The molecule has 2 N–H and O–H groups in total. The van der Waals surface area contributed by atoms with Crippen LogP contribution in [0.3, 0.4) is 0 Å². The molecule has 2 heterocycles. The summed E-state index contributed by atoms with van der Waals surface area (Å²) in [5, 5.41) is 12.0. The van der Waals surface area contributed by atoms with Crippen molar-refractivity contribution in [3.63, 3.8) is 0 Å². The molecule has 0 aliphatic heterocycles. The molecule has 190 valence electrons. The fourth-order valence-electron chi connectivity index (χ4n) is 3.61. The molecule has 4 aromatic rings. The number of carboxylic acid groups (broad SMARTS) is 1. The Kier molecular flexibility index (Phi) is 7.42. The Bertz CT molecular complexity index is 1550. The van der Waals surface area contributed by atoms with E-state index in [2.05, 4.69) is 15.3 Å². The molecule has 0 atom stereocenters. The summed E-state index contributed by atoms with van der Waals surface area (Å²) >= 11 is 0. The number of carboxylic acids is 1. The van der Waals surface area contributed by atoms with Crippen LogP contribution in [0.4, 0.5) is 16.0 Å². The maximum atomic E-state index is 13.4. The monoisotopic (exact) mass is 505 g/mol. The lowest BCUT2D eigenvalue weighted by Crippen LogP contribution is -2.42. The normalized spacial score (nSPS) is 10.8. The van der Waals surface area contributed by atoms with E-state index in [1.54, 1.807) is 37.3 Å². The number of aromatic carboxylic acids is 1. The molecule has 2 aromatic heterocycles. The molecule has 10 nitrogen and oxygen atoms in total. The zero-order chi connectivity index (χ0) is 26.5. The van der Waals surface area contributed by atoms with Gasteiger partial charge in [0.25, 0.3) is 0 Å². The summed E-state index contributed by atoms with van der Waals surface area (Å²) in [5.41, 5.74) is 0.769. The van der Waals surface area contributed by atoms with Crippen molar-refractivity contribution >= 4 is 17.6 Å². The van der Waals surface area contributed by atoms with Crippen molar-refractivity contribution < 1.29 is 19.0 Å². The largest absolute Gasteiger partial charge is 0.478 e. The minimum absolute atomic E-state index is 0.0451. The smallest absolute Gasteiger partial charge is 0.354 e. The second-order valence-electron chi connectivity index (χ2n) is 8.26. The van der Waals surface area contributed by atoms with Gasteiger partial charge in [-0.25, -0.2) is 28.3 Å². The summed E-state index contributed by atoms with van der Waals surface area (Å²) in [7, 11) is 0. The topological polar surface area (TPSA) is 128 Å². The van der Waals surface area contributed by atoms with E-state index in [0.717, 1.165) is 4.57 Å². The minimum Gasteiger partial charge on any atom is -0.478 e. The first-order valence-corrected chi connectivity index (χ1v) is 11.5. The minimum atomic E-state index is -1.08. The molecule has 11 heteroatoms. The highest BCUT2D eigenvalue weighted by molar-refractivity contribution is 5.87. The lowest BCUT2D eigenvalue weighted by Gasteiger charge is -2.16. The maximum absolute atomic E-state index is 13.4. The molecule has 37 heavy (non-hydrogen) atoms. The number of ether oxygens (including phenoxy) is 1. The highest BCUT2D eigenvalue weighted by Gasteiger charge is 2.15. The number of halogens is 1. The predicted octanol–water partition coefficient (Wildman–Crippen LogP) is 3.94. The van der Waals surface area contributed by atoms with E-state index in [1.807, 2.05) is 6.92 Å². The van der Waals surface area contributed by atoms with Gasteiger partial charge in [-0.3, -0.25) is 4.57 Å². The molecule has 0 saturated carbocycles. The molecule has 0 spiro atoms. The number of nitrogens with one attached hydrogen (secondary N) is 1. The summed E-state index contributed by atoms with van der Waals surface area (Å²) in [6, 6.07) is 13.7. The Morgan fingerprint density at radius 2 is 1.84 bits per heavy atom. The van der Waals surface area contributed by atoms with E-state index in [-0.39, 0.29) is 30.5 Å². The van der Waals surface area contributed by atoms with Gasteiger partial charge in [-0.1, -0.05) is 19.1 Å². The van der Waals surface area contributed by atoms with Crippen LogP contribution in [-0.2, 0) is 13.1 Å². The Morgan fingerprint density at radius 3 is 2.46 bits per heavy atom. The Hall–Kier alpha value is -4.80. The van der Waals surface area contributed by atoms with Crippen molar-refractivity contribution in [3.05, 3.63) is 104 Å². The van der Waals surface area contributed by atoms with Gasteiger partial charge < -0.3 is 15.2 Å². The average Bonchev–Trinajstić information content (AvgIpc) is 2.87. The number of nitrogens with zero attached hydrogens (tertiary/aromatic N) is 4. The Morgan fingerprint density at radius 1 is 1.08 bits per heavy atom. The second kappa shape index (κ2) is 10.9. The molecule has 0 saturated heterocycles. The van der Waals surface area contributed by atoms with Gasteiger partial charge in [0.2, 0.25) is 11.8 Å². The molecule has 0 bridgehead atoms. The van der Waals surface area contributed by atoms with E-state index in [4.69, 9.17) is 9.84 Å². The van der Waals surface area contributed by atoms with Gasteiger partial charge in [-0.15, -0.1) is 0 Å². The molecule has 0 amide bonds. The van der Waals surface area contributed by atoms with E-state index >= 15 is 0 Å². The van der Waals surface area contributed by atoms with Gasteiger partial charge in [-0.2, -0.15) is 4.98 Å². The molecule has 0 unspecified atom stereocenters. The van der Waals surface area contributed by atoms with Gasteiger partial charge in [0.05, 0.1) is 12.1 Å². The van der Waals surface area contributed by atoms with Crippen molar-refractivity contribution in [2.75, 3.05) is 5.32 Å². The van der Waals surface area contributed by atoms with Crippen molar-refractivity contribution in [2.45, 2.75) is 33.4 Å². The standard InChI is InChI=1S/C26H24FN5O5/c1-3-12-31-25(35)30-24(32(26(31)36)15-17-4-7-19(27)8-5-17)29-20-9-10-21(16(2)13-20)37-22-11-6-18(14-28-22)23(33)34/h4-11,13-14H,3,12,15H2,1-2H3,(H,33,34)(H,29,30,35). The predicted molar refractivity (Wildman–Crippen MR) is 134 cm³/mol. The third-order valence-corrected chi connectivity index (χ3v) is 5.48. The Labute approximate surface area is 210 Å². The number of hydrogen-bond donors (Lipinski definition) is 2. The van der Waals surface area contributed by atoms with E-state index < -0.39 is 23.2 Å². The molecule has 0 radical (unpaired) electrons. The Balaban J connectivity index is 1.63. The number of aryl methyl sites for hydroxylation is 1. The van der Waals surface area contributed by atoms with Crippen LogP contribution >= 0.6 is 0 Å². The molecular formula is C26H24FN5O5. The molecule has 0 aliphatic carbocycles. The number of pyridine rings is 1. The SMILES string of the molecule is CCCn1c(=O)nc(Nc2ccc(Oc3ccc(C(=O)O)cn3)c(C)c2)n(Cc2ccc(F)cc2)c1=O. The van der Waals surface area contributed by atoms with Gasteiger partial charge in [0, 0.05) is 24.5 Å². The number of benzene rings is 2. The van der Waals surface area contributed by atoms with E-state index in [9.17, 15) is 18.8 Å². The summed E-state index contributed by atoms with van der Waals surface area (Å²) in [6.45, 7) is 3.95. The number of aromatic nitrogens is 4. The zero-order valence-electron chi connectivity index (χ0n) is 20.1. The third kappa shape index (κ3) is 5.89. The molecule has 0 fully saturated rings. The van der Waals surface area contributed by atoms with Crippen molar-refractivity contribution in [1.82, 2.24) is 19.1 Å². The van der Waals surface area contributed by atoms with Crippen LogP contribution in [-0.4, -0.2) is 30.2 Å². The lowest BCUT2D eigenvalue weighted by atomic mass is 10.2. The number of anilines is 2. The van der Waals surface area contributed by atoms with Crippen LogP contribution in [0.15, 0.2) is 70.4 Å². The highest BCUT2D eigenvalue weighted by Crippen LogP contribution is 2.27. The fourth-order valence-corrected chi connectivity index (χ4v) is 3.61. The number of rotatable bonds is 9. The first kappa shape index (κ1) is 25.3. The summed E-state index contributed by atoms with van der Waals surface area (Å²) in [6.07, 6.45) is 1.78. The zero-order valence-corrected chi connectivity index (χ0v) is 20.1. The van der Waals surface area contributed by atoms with Gasteiger partial charge >= 0.3 is 17.3 Å². The summed E-state index contributed by atoms with van der Waals surface area (Å²) in [4.78, 5) is 44.8. The number of hydrogen-bond acceptors (Lipinski definition) is 7. The average molecular weight is 506 g/mol. The van der Waals surface area contributed by atoms with Gasteiger partial charge in [-0.05, 0) is 60.9 Å². The lowest BCUT2D eigenvalue weighted by molar-refractivity contribution is 0.0696. The van der Waals surface area contributed by atoms with Crippen LogP contribution in [0.1, 0.15) is 34.8 Å². The van der Waals surface area contributed by atoms with Crippen molar-refractivity contribution in [1.29, 1.82) is 0 Å². The van der Waals surface area contributed by atoms with Crippen molar-refractivity contribution in [2.24, 2.45) is 0 Å². The van der Waals surface area contributed by atoms with Crippen LogP contribution in [0, 0.1) is 12.7 Å². The van der Waals surface area contributed by atoms with Gasteiger partial charge in [0.1, 0.15) is 11.6 Å². The van der Waals surface area contributed by atoms with E-state index in [1.165, 1.54) is 35.0 Å². The van der Waals surface area contributed by atoms with E-state index in [0.29, 0.717) is 29.0 Å². The molecular weight excluding hydrogens is 481 g/mol. The maximum Gasteiger partial charge on any atom is 0.354 e. The van der Waals surface area contributed by atoms with Crippen LogP contribution in [0.2, 0.25) is 0 Å². The fraction of sp³-hybridized carbons (Fsp3) is 0.192. The van der Waals surface area contributed by atoms with Gasteiger partial charge in [0.15, 0.2) is 0 Å². The van der Waals surface area contributed by atoms with Crippen LogP contribution < -0.4 is 21.4 Å². The summed E-state index contributed by atoms with van der Waals surface area (Å²) < 4.78 is 21.5. The third-order valence-electron chi connectivity index (χ3n) is 5.48. The highest BCUT2D eigenvalue weighted by atomic mass is 19.1. The molecule has 2 aromatic carbocycles. The summed E-state index contributed by atoms with van der Waals surface area (Å²) in [5.74, 6) is -0.723. The van der Waals surface area contributed by atoms with Crippen LogP contribution in [0.25, 0.3) is 0 Å². The van der Waals surface area contributed by atoms with Crippen molar-refractivity contribution in [3.8, 4) is 11.6 Å². The quantitative estimate of drug-likeness (QED) is 0.350. The first-order chi connectivity index (χ1) is 17.7. The first-order valence-electron chi connectivity index (χ1n) is 11.5. The molecule has 0 aliphatic rings. The number of carbonyl (C=O) groups is 1. The molecule has 4 rings (SSSR count). The van der Waals surface area contributed by atoms with Crippen LogP contribution in [0.5, 0.6) is 11.6 Å².